The van der Waals surface area contributed by atoms with Crippen LogP contribution in [0.4, 0.5) is 0 Å². The van der Waals surface area contributed by atoms with Crippen LogP contribution in [-0.4, -0.2) is 15.0 Å². The van der Waals surface area contributed by atoms with Crippen LogP contribution < -0.4 is 15.9 Å². The van der Waals surface area contributed by atoms with Gasteiger partial charge >= 0.3 is 0 Å². The van der Waals surface area contributed by atoms with Crippen molar-refractivity contribution in [1.29, 1.82) is 0 Å². The van der Waals surface area contributed by atoms with Gasteiger partial charge in [-0.05, 0) is 105 Å². The Morgan fingerprint density at radius 1 is 0.448 bits per heavy atom. The zero-order chi connectivity index (χ0) is 39.1. The molecule has 0 saturated heterocycles. The van der Waals surface area contributed by atoms with Gasteiger partial charge in [0.25, 0.3) is 0 Å². The summed E-state index contributed by atoms with van der Waals surface area (Å²) in [5, 5.41) is 3.95. The highest BCUT2D eigenvalue weighted by atomic mass is 31.1. The summed E-state index contributed by atoms with van der Waals surface area (Å²) in [6.07, 6.45) is 9.41. The second-order valence-electron chi connectivity index (χ2n) is 15.6. The Kier molecular flexibility index (Phi) is 9.32. The number of benzene rings is 7. The summed E-state index contributed by atoms with van der Waals surface area (Å²) in [7, 11) is -0.860. The lowest BCUT2D eigenvalue weighted by Crippen LogP contribution is -2.21. The van der Waals surface area contributed by atoms with E-state index in [0.29, 0.717) is 11.6 Å². The van der Waals surface area contributed by atoms with Gasteiger partial charge in [0.15, 0.2) is 11.6 Å². The molecular formula is C54H42N3P. The van der Waals surface area contributed by atoms with Crippen LogP contribution in [0.5, 0.6) is 0 Å². The Morgan fingerprint density at radius 2 is 1.02 bits per heavy atom. The van der Waals surface area contributed by atoms with Crippen molar-refractivity contribution in [2.24, 2.45) is 0 Å². The summed E-state index contributed by atoms with van der Waals surface area (Å²) in [4.78, 5) is 15.2. The molecule has 2 aliphatic rings. The van der Waals surface area contributed by atoms with Crippen LogP contribution in [-0.2, 0) is 5.41 Å². The average Bonchev–Trinajstić information content (AvgIpc) is 3.52. The molecule has 1 heterocycles. The molecule has 1 atom stereocenters. The number of allylic oxidation sites excluding steroid dienone is 4. The first-order valence-corrected chi connectivity index (χ1v) is 21.4. The van der Waals surface area contributed by atoms with E-state index in [-0.39, 0.29) is 11.3 Å². The Hall–Kier alpha value is -6.54. The molecule has 0 spiro atoms. The lowest BCUT2D eigenvalue weighted by atomic mass is 9.81. The third-order valence-corrected chi connectivity index (χ3v) is 14.0. The molecule has 2 aliphatic carbocycles. The Bertz CT molecular complexity index is 2800. The van der Waals surface area contributed by atoms with Gasteiger partial charge in [-0.2, -0.15) is 0 Å². The van der Waals surface area contributed by atoms with Gasteiger partial charge in [-0.1, -0.05) is 184 Å². The first-order valence-electron chi connectivity index (χ1n) is 20.1. The van der Waals surface area contributed by atoms with E-state index in [9.17, 15) is 0 Å². The molecule has 7 aromatic carbocycles. The Balaban J connectivity index is 1.14. The van der Waals surface area contributed by atoms with Gasteiger partial charge in [0, 0.05) is 22.5 Å². The lowest BCUT2D eigenvalue weighted by Gasteiger charge is -2.23. The van der Waals surface area contributed by atoms with Crippen LogP contribution in [0.1, 0.15) is 43.1 Å². The number of nitrogens with zero attached hydrogens (tertiary/aromatic N) is 3. The average molecular weight is 764 g/mol. The maximum atomic E-state index is 5.14. The summed E-state index contributed by atoms with van der Waals surface area (Å²) in [6, 6.07) is 64.1. The zero-order valence-corrected chi connectivity index (χ0v) is 33.5. The topological polar surface area (TPSA) is 38.7 Å². The predicted octanol–water partition coefficient (Wildman–Crippen LogP) is 12.2. The molecule has 10 rings (SSSR count). The van der Waals surface area contributed by atoms with Gasteiger partial charge in [0.2, 0.25) is 0 Å². The monoisotopic (exact) mass is 763 g/mol. The van der Waals surface area contributed by atoms with Crippen molar-refractivity contribution in [3.63, 3.8) is 0 Å². The van der Waals surface area contributed by atoms with Crippen molar-refractivity contribution in [2.75, 3.05) is 0 Å². The van der Waals surface area contributed by atoms with Crippen LogP contribution in [0, 0.1) is 0 Å². The molecule has 1 aromatic heterocycles. The molecule has 0 aliphatic heterocycles. The number of hydrogen-bond donors (Lipinski definition) is 0. The summed E-state index contributed by atoms with van der Waals surface area (Å²) < 4.78 is 0. The fraction of sp³-hybridized carbons (Fsp3) is 0.0926. The maximum absolute atomic E-state index is 5.14. The summed E-state index contributed by atoms with van der Waals surface area (Å²) in [6.45, 7) is 4.71. The quantitative estimate of drug-likeness (QED) is 0.145. The van der Waals surface area contributed by atoms with E-state index >= 15 is 0 Å². The fourth-order valence-corrected chi connectivity index (χ4v) is 10.9. The molecule has 0 saturated carbocycles. The Labute approximate surface area is 342 Å². The molecule has 58 heavy (non-hydrogen) atoms. The molecule has 278 valence electrons. The Morgan fingerprint density at radius 3 is 1.71 bits per heavy atom. The second kappa shape index (κ2) is 15.1. The van der Waals surface area contributed by atoms with E-state index in [1.54, 1.807) is 0 Å². The molecule has 8 aromatic rings. The third kappa shape index (κ3) is 6.72. The van der Waals surface area contributed by atoms with Crippen LogP contribution in [0.3, 0.4) is 0 Å². The molecule has 0 N–H and O–H groups in total. The smallest absolute Gasteiger partial charge is 0.163 e. The van der Waals surface area contributed by atoms with Crippen LogP contribution in [0.25, 0.3) is 56.2 Å². The fourth-order valence-electron chi connectivity index (χ4n) is 8.57. The summed E-state index contributed by atoms with van der Waals surface area (Å²) in [5.74, 6) is 2.26. The molecule has 4 heteroatoms. The van der Waals surface area contributed by atoms with Gasteiger partial charge in [0.05, 0.1) is 0 Å². The van der Waals surface area contributed by atoms with Crippen molar-refractivity contribution < 1.29 is 0 Å². The van der Waals surface area contributed by atoms with Crippen molar-refractivity contribution >= 4 is 23.8 Å². The summed E-state index contributed by atoms with van der Waals surface area (Å²) >= 11 is 0. The van der Waals surface area contributed by atoms with Crippen molar-refractivity contribution in [3.05, 3.63) is 217 Å². The van der Waals surface area contributed by atoms with E-state index < -0.39 is 7.92 Å². The highest BCUT2D eigenvalue weighted by Crippen LogP contribution is 2.50. The number of aromatic nitrogens is 3. The maximum Gasteiger partial charge on any atom is 0.163 e. The van der Waals surface area contributed by atoms with E-state index in [4.69, 9.17) is 15.0 Å². The van der Waals surface area contributed by atoms with Gasteiger partial charge in [-0.25, -0.2) is 15.0 Å². The normalized spacial score (nSPS) is 15.0. The highest BCUT2D eigenvalue weighted by Gasteiger charge is 2.35. The van der Waals surface area contributed by atoms with Crippen LogP contribution in [0.15, 0.2) is 200 Å². The van der Waals surface area contributed by atoms with Gasteiger partial charge < -0.3 is 0 Å². The minimum atomic E-state index is -0.860. The van der Waals surface area contributed by atoms with Crippen molar-refractivity contribution in [2.45, 2.75) is 31.6 Å². The zero-order valence-electron chi connectivity index (χ0n) is 32.6. The summed E-state index contributed by atoms with van der Waals surface area (Å²) in [5.41, 5.74) is 12.0. The van der Waals surface area contributed by atoms with E-state index in [1.807, 2.05) is 18.2 Å². The molecule has 0 amide bonds. The molecule has 3 nitrogen and oxygen atoms in total. The minimum Gasteiger partial charge on any atom is -0.212 e. The molecular weight excluding hydrogens is 722 g/mol. The standard InChI is InChI=1S/C54H42N3P/c1-54(2)49-29-16-15-28-47(49)48-31-30-40(36-50(48)54)43-33-42(34-46(35-43)58(44-24-11-5-12-25-44)45-26-13-6-14-27-45)39-22-17-23-41(32-39)53-56-51(37-18-7-3-8-19-37)55-52(57-53)38-20-9-4-10-21-38/h3-20,22-36,38H,21H2,1-2H3. The molecule has 0 fully saturated rings. The van der Waals surface area contributed by atoms with Gasteiger partial charge in [-0.3, -0.25) is 0 Å². The van der Waals surface area contributed by atoms with Crippen molar-refractivity contribution in [1.82, 2.24) is 15.0 Å². The van der Waals surface area contributed by atoms with Crippen LogP contribution in [0.2, 0.25) is 0 Å². The minimum absolute atomic E-state index is 0.0941. The van der Waals surface area contributed by atoms with E-state index in [1.165, 1.54) is 49.3 Å². The van der Waals surface area contributed by atoms with Crippen molar-refractivity contribution in [3.8, 4) is 56.2 Å². The van der Waals surface area contributed by atoms with Gasteiger partial charge in [0.1, 0.15) is 5.82 Å². The van der Waals surface area contributed by atoms with E-state index in [2.05, 4.69) is 196 Å². The number of rotatable bonds is 8. The highest BCUT2D eigenvalue weighted by molar-refractivity contribution is 7.79. The number of hydrogen-bond acceptors (Lipinski definition) is 3. The van der Waals surface area contributed by atoms with Crippen LogP contribution >= 0.6 is 7.92 Å². The predicted molar refractivity (Wildman–Crippen MR) is 243 cm³/mol. The molecule has 0 bridgehead atoms. The lowest BCUT2D eigenvalue weighted by molar-refractivity contribution is 0.660. The largest absolute Gasteiger partial charge is 0.212 e. The first kappa shape index (κ1) is 35.8. The third-order valence-electron chi connectivity index (χ3n) is 11.6. The van der Waals surface area contributed by atoms with Gasteiger partial charge in [-0.15, -0.1) is 0 Å². The number of fused-ring (bicyclic) bond motifs is 3. The van der Waals surface area contributed by atoms with E-state index in [0.717, 1.165) is 34.5 Å². The second-order valence-corrected chi connectivity index (χ2v) is 17.9. The first-order chi connectivity index (χ1) is 28.5. The SMILES string of the molecule is CC1(C)c2ccccc2-c2ccc(-c3cc(-c4cccc(-c5nc(-c6ccccc6)nc(C6C=CC=CC6)n5)c4)cc(P(c4ccccc4)c4ccccc4)c3)cc21. The molecule has 1 unspecified atom stereocenters. The molecule has 0 radical (unpaired) electrons.